The van der Waals surface area contributed by atoms with Crippen LogP contribution in [0.3, 0.4) is 0 Å². The van der Waals surface area contributed by atoms with Crippen LogP contribution in [-0.4, -0.2) is 19.3 Å². The van der Waals surface area contributed by atoms with Gasteiger partial charge in [-0.15, -0.1) is 0 Å². The predicted molar refractivity (Wildman–Crippen MR) is 60.2 cm³/mol. The maximum atomic E-state index is 13.5. The van der Waals surface area contributed by atoms with Crippen molar-refractivity contribution in [3.63, 3.8) is 0 Å². The van der Waals surface area contributed by atoms with Crippen LogP contribution in [0.2, 0.25) is 0 Å². The molecule has 3 nitrogen and oxygen atoms in total. The van der Waals surface area contributed by atoms with Gasteiger partial charge in [0, 0.05) is 6.61 Å². The van der Waals surface area contributed by atoms with Crippen LogP contribution in [0.5, 0.6) is 5.75 Å². The van der Waals surface area contributed by atoms with Crippen LogP contribution in [0.4, 0.5) is 8.78 Å². The molecular formula is C13H13F2NO2. The van der Waals surface area contributed by atoms with E-state index in [0.717, 1.165) is 31.4 Å². The van der Waals surface area contributed by atoms with Crippen LogP contribution < -0.4 is 4.74 Å². The third kappa shape index (κ3) is 2.96. The van der Waals surface area contributed by atoms with E-state index in [0.29, 0.717) is 6.61 Å². The Morgan fingerprint density at radius 1 is 1.33 bits per heavy atom. The van der Waals surface area contributed by atoms with Gasteiger partial charge in [0.15, 0.2) is 17.4 Å². The van der Waals surface area contributed by atoms with Gasteiger partial charge >= 0.3 is 0 Å². The van der Waals surface area contributed by atoms with Crippen molar-refractivity contribution in [1.82, 2.24) is 0 Å². The first-order chi connectivity index (χ1) is 8.70. The van der Waals surface area contributed by atoms with Crippen molar-refractivity contribution in [2.75, 3.05) is 13.2 Å². The summed E-state index contributed by atoms with van der Waals surface area (Å²) in [7, 11) is 0. The highest BCUT2D eigenvalue weighted by molar-refractivity contribution is 5.37. The number of nitrogens with zero attached hydrogens (tertiary/aromatic N) is 1. The van der Waals surface area contributed by atoms with Gasteiger partial charge in [-0.3, -0.25) is 0 Å². The summed E-state index contributed by atoms with van der Waals surface area (Å²) < 4.78 is 37.5. The zero-order valence-corrected chi connectivity index (χ0v) is 9.79. The molecule has 96 valence electrons. The smallest absolute Gasteiger partial charge is 0.190 e. The first-order valence-electron chi connectivity index (χ1n) is 5.84. The highest BCUT2D eigenvalue weighted by atomic mass is 19.1. The number of nitriles is 1. The second kappa shape index (κ2) is 5.78. The summed E-state index contributed by atoms with van der Waals surface area (Å²) in [5.74, 6) is -2.16. The lowest BCUT2D eigenvalue weighted by atomic mass is 10.1. The lowest BCUT2D eigenvalue weighted by molar-refractivity contribution is -0.0124. The maximum Gasteiger partial charge on any atom is 0.190 e. The van der Waals surface area contributed by atoms with Crippen LogP contribution in [0.15, 0.2) is 12.1 Å². The molecule has 1 saturated heterocycles. The predicted octanol–water partition coefficient (Wildman–Crippen LogP) is 2.78. The summed E-state index contributed by atoms with van der Waals surface area (Å²) in [6, 6.07) is 3.60. The molecule has 0 aliphatic carbocycles. The van der Waals surface area contributed by atoms with E-state index in [-0.39, 0.29) is 18.3 Å². The summed E-state index contributed by atoms with van der Waals surface area (Å²) in [5.41, 5.74) is -0.0636. The molecule has 5 heteroatoms. The largest absolute Gasteiger partial charge is 0.485 e. The molecule has 1 aliphatic rings. The molecule has 2 rings (SSSR count). The van der Waals surface area contributed by atoms with Crippen LogP contribution in [0.25, 0.3) is 0 Å². The Morgan fingerprint density at radius 2 is 2.06 bits per heavy atom. The Hall–Kier alpha value is -1.67. The maximum absolute atomic E-state index is 13.5. The van der Waals surface area contributed by atoms with Crippen molar-refractivity contribution >= 4 is 0 Å². The fourth-order valence-corrected chi connectivity index (χ4v) is 1.88. The van der Waals surface area contributed by atoms with E-state index in [1.165, 1.54) is 0 Å². The van der Waals surface area contributed by atoms with E-state index in [4.69, 9.17) is 14.7 Å². The molecule has 1 heterocycles. The van der Waals surface area contributed by atoms with Gasteiger partial charge in [-0.05, 0) is 31.4 Å². The molecule has 0 spiro atoms. The minimum Gasteiger partial charge on any atom is -0.485 e. The average molecular weight is 253 g/mol. The molecule has 1 aromatic carbocycles. The normalized spacial score (nSPS) is 19.3. The fraction of sp³-hybridized carbons (Fsp3) is 0.462. The van der Waals surface area contributed by atoms with Crippen molar-refractivity contribution < 1.29 is 18.3 Å². The molecular weight excluding hydrogens is 240 g/mol. The molecule has 1 aliphatic heterocycles. The van der Waals surface area contributed by atoms with E-state index in [1.54, 1.807) is 6.07 Å². The highest BCUT2D eigenvalue weighted by Crippen LogP contribution is 2.24. The lowest BCUT2D eigenvalue weighted by Gasteiger charge is -2.22. The van der Waals surface area contributed by atoms with Crippen molar-refractivity contribution in [2.24, 2.45) is 0 Å². The van der Waals surface area contributed by atoms with Gasteiger partial charge in [0.05, 0.1) is 17.7 Å². The van der Waals surface area contributed by atoms with Crippen molar-refractivity contribution in [2.45, 2.75) is 25.4 Å². The van der Waals surface area contributed by atoms with Crippen molar-refractivity contribution in [3.05, 3.63) is 29.3 Å². The second-order valence-electron chi connectivity index (χ2n) is 4.18. The zero-order valence-electron chi connectivity index (χ0n) is 9.79. The summed E-state index contributed by atoms with van der Waals surface area (Å²) in [6.07, 6.45) is 2.76. The lowest BCUT2D eigenvalue weighted by Crippen LogP contribution is -2.26. The topological polar surface area (TPSA) is 42.2 Å². The number of hydrogen-bond donors (Lipinski definition) is 0. The van der Waals surface area contributed by atoms with Crippen LogP contribution in [0.1, 0.15) is 24.8 Å². The van der Waals surface area contributed by atoms with Gasteiger partial charge in [-0.25, -0.2) is 8.78 Å². The summed E-state index contributed by atoms with van der Waals surface area (Å²) in [4.78, 5) is 0. The van der Waals surface area contributed by atoms with Crippen molar-refractivity contribution in [1.29, 1.82) is 5.26 Å². The standard InChI is InChI=1S/C13H13F2NO2/c14-11-5-9(7-16)6-12(15)13(11)18-8-10-3-1-2-4-17-10/h5-6,10H,1-4,8H2. The SMILES string of the molecule is N#Cc1cc(F)c(OCC2CCCCO2)c(F)c1. The van der Waals surface area contributed by atoms with Gasteiger partial charge in [-0.1, -0.05) is 0 Å². The van der Waals surface area contributed by atoms with Gasteiger partial charge in [-0.2, -0.15) is 5.26 Å². The molecule has 1 unspecified atom stereocenters. The van der Waals surface area contributed by atoms with Crippen LogP contribution >= 0.6 is 0 Å². The number of benzene rings is 1. The van der Waals surface area contributed by atoms with Crippen LogP contribution in [-0.2, 0) is 4.74 Å². The number of hydrogen-bond acceptors (Lipinski definition) is 3. The average Bonchev–Trinajstić information content (AvgIpc) is 2.38. The van der Waals surface area contributed by atoms with E-state index in [1.807, 2.05) is 0 Å². The summed E-state index contributed by atoms with van der Waals surface area (Å²) >= 11 is 0. The first-order valence-corrected chi connectivity index (χ1v) is 5.84. The van der Waals surface area contributed by atoms with Gasteiger partial charge in [0.1, 0.15) is 6.61 Å². The third-order valence-corrected chi connectivity index (χ3v) is 2.81. The fourth-order valence-electron chi connectivity index (χ4n) is 1.88. The minimum atomic E-state index is -0.859. The molecule has 1 atom stereocenters. The Bertz CT molecular complexity index is 442. The molecule has 0 amide bonds. The van der Waals surface area contributed by atoms with E-state index >= 15 is 0 Å². The molecule has 0 bridgehead atoms. The molecule has 0 radical (unpaired) electrons. The molecule has 0 aromatic heterocycles. The Labute approximate surface area is 104 Å². The number of ether oxygens (including phenoxy) is 2. The zero-order chi connectivity index (χ0) is 13.0. The third-order valence-electron chi connectivity index (χ3n) is 2.81. The minimum absolute atomic E-state index is 0.0636. The molecule has 0 saturated carbocycles. The van der Waals surface area contributed by atoms with E-state index in [9.17, 15) is 8.78 Å². The Kier molecular flexibility index (Phi) is 4.11. The Balaban J connectivity index is 2.02. The summed E-state index contributed by atoms with van der Waals surface area (Å²) in [6.45, 7) is 0.784. The van der Waals surface area contributed by atoms with E-state index < -0.39 is 17.4 Å². The second-order valence-corrected chi connectivity index (χ2v) is 4.18. The summed E-state index contributed by atoms with van der Waals surface area (Å²) in [5, 5.41) is 8.57. The Morgan fingerprint density at radius 3 is 2.61 bits per heavy atom. The van der Waals surface area contributed by atoms with Crippen LogP contribution in [0, 0.1) is 23.0 Å². The van der Waals surface area contributed by atoms with Gasteiger partial charge in [0.2, 0.25) is 0 Å². The van der Waals surface area contributed by atoms with Crippen molar-refractivity contribution in [3.8, 4) is 11.8 Å². The monoisotopic (exact) mass is 253 g/mol. The number of halogens is 2. The molecule has 18 heavy (non-hydrogen) atoms. The van der Waals surface area contributed by atoms with E-state index in [2.05, 4.69) is 0 Å². The molecule has 1 fully saturated rings. The van der Waals surface area contributed by atoms with Gasteiger partial charge in [0.25, 0.3) is 0 Å². The quantitative estimate of drug-likeness (QED) is 0.831. The molecule has 0 N–H and O–H groups in total. The van der Waals surface area contributed by atoms with Gasteiger partial charge < -0.3 is 9.47 Å². The first kappa shape index (κ1) is 12.8. The molecule has 1 aromatic rings. The highest BCUT2D eigenvalue weighted by Gasteiger charge is 2.18. The number of rotatable bonds is 3.